The van der Waals surface area contributed by atoms with Crippen molar-refractivity contribution in [1.82, 2.24) is 9.38 Å². The molecule has 0 radical (unpaired) electrons. The van der Waals surface area contributed by atoms with E-state index in [1.165, 1.54) is 0 Å². The third-order valence-corrected chi connectivity index (χ3v) is 4.23. The minimum atomic E-state index is -0.590. The number of nitrogens with zero attached hydrogens (tertiary/aromatic N) is 2. The number of imidazole rings is 1. The number of aryl methyl sites for hydroxylation is 1. The molecule has 1 N–H and O–H groups in total. The maximum atomic E-state index is 14.3. The van der Waals surface area contributed by atoms with Gasteiger partial charge in [-0.2, -0.15) is 0 Å². The van der Waals surface area contributed by atoms with E-state index in [2.05, 4.69) is 17.2 Å². The largest absolute Gasteiger partial charge is 0.310 e. The van der Waals surface area contributed by atoms with Gasteiger partial charge in [0.1, 0.15) is 28.8 Å². The molecule has 0 spiro atoms. The fraction of sp³-hybridized carbons (Fsp3) is 0.300. The number of anilines is 1. The third-order valence-electron chi connectivity index (χ3n) is 4.23. The van der Waals surface area contributed by atoms with Crippen molar-refractivity contribution in [1.29, 1.82) is 0 Å². The molecule has 26 heavy (non-hydrogen) atoms. The zero-order chi connectivity index (χ0) is 18.7. The van der Waals surface area contributed by atoms with E-state index in [1.54, 1.807) is 10.6 Å². The molecule has 2 heterocycles. The number of hydrogen-bond donors (Lipinski definition) is 1. The first-order valence-corrected chi connectivity index (χ1v) is 8.73. The standard InChI is InChI=1S/C20H21F2N3O/c1-3-4-5-6-18(26)24-20-19(15-12-14(21)7-8-16(15)22)23-17-11-13(2)9-10-25(17)20/h7-12H,3-6H2,1-2H3,(H,24,26). The summed E-state index contributed by atoms with van der Waals surface area (Å²) in [6.45, 7) is 3.98. The van der Waals surface area contributed by atoms with Crippen molar-refractivity contribution in [3.8, 4) is 11.3 Å². The molecule has 0 bridgehead atoms. The average Bonchev–Trinajstić information content (AvgIpc) is 2.94. The predicted molar refractivity (Wildman–Crippen MR) is 98.1 cm³/mol. The van der Waals surface area contributed by atoms with Gasteiger partial charge in [0.15, 0.2) is 0 Å². The number of benzene rings is 1. The predicted octanol–water partition coefficient (Wildman–Crippen LogP) is 5.11. The Morgan fingerprint density at radius 3 is 2.77 bits per heavy atom. The summed E-state index contributed by atoms with van der Waals surface area (Å²) in [5.74, 6) is -0.965. The fourth-order valence-corrected chi connectivity index (χ4v) is 2.86. The number of halogens is 2. The highest BCUT2D eigenvalue weighted by Gasteiger charge is 2.19. The SMILES string of the molecule is CCCCCC(=O)Nc1c(-c2cc(F)ccc2F)nc2cc(C)ccn12. The van der Waals surface area contributed by atoms with E-state index in [4.69, 9.17) is 0 Å². The summed E-state index contributed by atoms with van der Waals surface area (Å²) in [4.78, 5) is 16.7. The van der Waals surface area contributed by atoms with Crippen LogP contribution in [0.1, 0.15) is 38.2 Å². The summed E-state index contributed by atoms with van der Waals surface area (Å²) >= 11 is 0. The number of unbranched alkanes of at least 4 members (excludes halogenated alkanes) is 2. The molecule has 136 valence electrons. The van der Waals surface area contributed by atoms with Crippen LogP contribution in [0.15, 0.2) is 36.5 Å². The zero-order valence-electron chi connectivity index (χ0n) is 14.9. The molecule has 1 aromatic carbocycles. The topological polar surface area (TPSA) is 46.4 Å². The number of nitrogens with one attached hydrogen (secondary N) is 1. The summed E-state index contributed by atoms with van der Waals surface area (Å²) < 4.78 is 29.6. The molecule has 3 rings (SSSR count). The normalized spacial score (nSPS) is 11.1. The van der Waals surface area contributed by atoms with Crippen molar-refractivity contribution >= 4 is 17.4 Å². The average molecular weight is 357 g/mol. The van der Waals surface area contributed by atoms with Crippen molar-refractivity contribution in [2.75, 3.05) is 5.32 Å². The molecule has 2 aromatic heterocycles. The third kappa shape index (κ3) is 3.74. The highest BCUT2D eigenvalue weighted by molar-refractivity contribution is 5.94. The van der Waals surface area contributed by atoms with Crippen LogP contribution in [0.3, 0.4) is 0 Å². The van der Waals surface area contributed by atoms with Gasteiger partial charge in [-0.1, -0.05) is 19.8 Å². The van der Waals surface area contributed by atoms with Crippen molar-refractivity contribution < 1.29 is 13.6 Å². The lowest BCUT2D eigenvalue weighted by atomic mass is 10.1. The van der Waals surface area contributed by atoms with Crippen LogP contribution < -0.4 is 5.32 Å². The molecule has 0 saturated carbocycles. The van der Waals surface area contributed by atoms with Crippen molar-refractivity contribution in [2.45, 2.75) is 39.5 Å². The van der Waals surface area contributed by atoms with E-state index in [0.29, 0.717) is 17.9 Å². The highest BCUT2D eigenvalue weighted by atomic mass is 19.1. The Bertz CT molecular complexity index is 950. The van der Waals surface area contributed by atoms with Crippen LogP contribution in [0.5, 0.6) is 0 Å². The Labute approximate surface area is 150 Å². The van der Waals surface area contributed by atoms with Crippen molar-refractivity contribution in [3.05, 3.63) is 53.7 Å². The highest BCUT2D eigenvalue weighted by Crippen LogP contribution is 2.31. The number of fused-ring (bicyclic) bond motifs is 1. The number of aromatic nitrogens is 2. The van der Waals surface area contributed by atoms with E-state index < -0.39 is 11.6 Å². The molecule has 0 aliphatic rings. The first-order chi connectivity index (χ1) is 12.5. The first kappa shape index (κ1) is 18.0. The summed E-state index contributed by atoms with van der Waals surface area (Å²) in [6, 6.07) is 6.91. The maximum Gasteiger partial charge on any atom is 0.225 e. The Kier molecular flexibility index (Phi) is 5.30. The van der Waals surface area contributed by atoms with Gasteiger partial charge in [0.2, 0.25) is 5.91 Å². The van der Waals surface area contributed by atoms with Gasteiger partial charge in [-0.3, -0.25) is 9.20 Å². The zero-order valence-corrected chi connectivity index (χ0v) is 14.9. The molecule has 1 amide bonds. The second kappa shape index (κ2) is 7.64. The van der Waals surface area contributed by atoms with Crippen molar-refractivity contribution in [3.63, 3.8) is 0 Å². The van der Waals surface area contributed by atoms with Crippen LogP contribution in [0.4, 0.5) is 14.6 Å². The number of hydrogen-bond acceptors (Lipinski definition) is 2. The number of amides is 1. The van der Waals surface area contributed by atoms with Gasteiger partial charge < -0.3 is 5.32 Å². The summed E-state index contributed by atoms with van der Waals surface area (Å²) in [5.41, 5.74) is 1.79. The number of carbonyl (C=O) groups is 1. The smallest absolute Gasteiger partial charge is 0.225 e. The van der Waals surface area contributed by atoms with Crippen LogP contribution in [0.2, 0.25) is 0 Å². The molecule has 3 aromatic rings. The minimum Gasteiger partial charge on any atom is -0.310 e. The van der Waals surface area contributed by atoms with Gasteiger partial charge in [0.05, 0.1) is 0 Å². The van der Waals surface area contributed by atoms with E-state index >= 15 is 0 Å². The Balaban J connectivity index is 2.07. The van der Waals surface area contributed by atoms with Crippen LogP contribution in [-0.2, 0) is 4.79 Å². The van der Waals surface area contributed by atoms with Gasteiger partial charge in [-0.05, 0) is 49.2 Å². The van der Waals surface area contributed by atoms with Crippen molar-refractivity contribution in [2.24, 2.45) is 0 Å². The molecule has 0 aliphatic heterocycles. The van der Waals surface area contributed by atoms with E-state index in [0.717, 1.165) is 43.0 Å². The molecule has 0 unspecified atom stereocenters. The van der Waals surface area contributed by atoms with Gasteiger partial charge in [0.25, 0.3) is 0 Å². The monoisotopic (exact) mass is 357 g/mol. The quantitative estimate of drug-likeness (QED) is 0.623. The molecule has 6 heteroatoms. The molecular formula is C20H21F2N3O. The van der Waals surface area contributed by atoms with Gasteiger partial charge in [-0.15, -0.1) is 0 Å². The molecule has 4 nitrogen and oxygen atoms in total. The van der Waals surface area contributed by atoms with Gasteiger partial charge >= 0.3 is 0 Å². The summed E-state index contributed by atoms with van der Waals surface area (Å²) in [6.07, 6.45) is 4.90. The Morgan fingerprint density at radius 1 is 1.19 bits per heavy atom. The number of pyridine rings is 1. The lowest BCUT2D eigenvalue weighted by molar-refractivity contribution is -0.116. The molecule has 0 aliphatic carbocycles. The number of rotatable bonds is 6. The Morgan fingerprint density at radius 2 is 2.00 bits per heavy atom. The van der Waals surface area contributed by atoms with Gasteiger partial charge in [-0.25, -0.2) is 13.8 Å². The molecule has 0 atom stereocenters. The number of carbonyl (C=O) groups excluding carboxylic acids is 1. The van der Waals surface area contributed by atoms with E-state index in [9.17, 15) is 13.6 Å². The van der Waals surface area contributed by atoms with Gasteiger partial charge in [0, 0.05) is 18.2 Å². The Hall–Kier alpha value is -2.76. The van der Waals surface area contributed by atoms with E-state index in [1.807, 2.05) is 19.1 Å². The second-order valence-corrected chi connectivity index (χ2v) is 6.37. The lowest BCUT2D eigenvalue weighted by Gasteiger charge is -2.08. The molecule has 0 fully saturated rings. The van der Waals surface area contributed by atoms with Crippen LogP contribution in [0, 0.1) is 18.6 Å². The maximum absolute atomic E-state index is 14.3. The van der Waals surface area contributed by atoms with Crippen LogP contribution >= 0.6 is 0 Å². The molecular weight excluding hydrogens is 336 g/mol. The molecule has 0 saturated heterocycles. The lowest BCUT2D eigenvalue weighted by Crippen LogP contribution is -2.13. The minimum absolute atomic E-state index is 0.0233. The van der Waals surface area contributed by atoms with Crippen LogP contribution in [0.25, 0.3) is 16.9 Å². The first-order valence-electron chi connectivity index (χ1n) is 8.73. The summed E-state index contributed by atoms with van der Waals surface area (Å²) in [5, 5.41) is 2.83. The summed E-state index contributed by atoms with van der Waals surface area (Å²) in [7, 11) is 0. The second-order valence-electron chi connectivity index (χ2n) is 6.37. The van der Waals surface area contributed by atoms with Crippen LogP contribution in [-0.4, -0.2) is 15.3 Å². The fourth-order valence-electron chi connectivity index (χ4n) is 2.86. The van der Waals surface area contributed by atoms with E-state index in [-0.39, 0.29) is 17.2 Å².